The normalized spacial score (nSPS) is 9.00. The first-order valence-electron chi connectivity index (χ1n) is 3.71. The van der Waals surface area contributed by atoms with Gasteiger partial charge in [-0.15, -0.1) is 0 Å². The lowest BCUT2D eigenvalue weighted by Gasteiger charge is -2.02. The molecule has 60 valence electrons. The minimum absolute atomic E-state index is 0.302. The van der Waals surface area contributed by atoms with Crippen LogP contribution in [-0.2, 0) is 4.74 Å². The number of carbonyl (C=O) groups excluding carboxylic acids is 1. The van der Waals surface area contributed by atoms with Crippen molar-refractivity contribution in [3.8, 4) is 0 Å². The molecule has 0 rings (SSSR count). The first kappa shape index (κ1) is 9.27. The topological polar surface area (TPSA) is 38.3 Å². The molecule has 0 heterocycles. The molecule has 0 aliphatic rings. The van der Waals surface area contributed by atoms with Gasteiger partial charge in [0.25, 0.3) is 0 Å². The molecule has 3 heteroatoms. The van der Waals surface area contributed by atoms with Gasteiger partial charge in [0.2, 0.25) is 0 Å². The molecule has 1 amide bonds. The zero-order valence-electron chi connectivity index (χ0n) is 6.64. The SMILES string of the molecule is CCCNC(=O)OCCC. The van der Waals surface area contributed by atoms with Crippen molar-refractivity contribution in [3.63, 3.8) is 0 Å². The van der Waals surface area contributed by atoms with Crippen LogP contribution in [0.15, 0.2) is 0 Å². The van der Waals surface area contributed by atoms with Crippen LogP contribution in [0.2, 0.25) is 0 Å². The first-order chi connectivity index (χ1) is 4.81. The van der Waals surface area contributed by atoms with Crippen LogP contribution < -0.4 is 5.32 Å². The van der Waals surface area contributed by atoms with Crippen LogP contribution in [0.1, 0.15) is 26.7 Å². The van der Waals surface area contributed by atoms with E-state index in [1.807, 2.05) is 13.8 Å². The molecule has 0 aromatic carbocycles. The summed E-state index contributed by atoms with van der Waals surface area (Å²) in [7, 11) is 0. The van der Waals surface area contributed by atoms with Crippen molar-refractivity contribution in [2.75, 3.05) is 13.2 Å². The van der Waals surface area contributed by atoms with Crippen molar-refractivity contribution in [1.82, 2.24) is 5.32 Å². The summed E-state index contributed by atoms with van der Waals surface area (Å²) in [4.78, 5) is 10.6. The van der Waals surface area contributed by atoms with Crippen molar-refractivity contribution >= 4 is 6.09 Å². The molecule has 0 aliphatic heterocycles. The van der Waals surface area contributed by atoms with Crippen LogP contribution in [0, 0.1) is 0 Å². The van der Waals surface area contributed by atoms with Gasteiger partial charge in [-0.3, -0.25) is 0 Å². The molecular formula is C7H15NO2. The Morgan fingerprint density at radius 1 is 1.40 bits per heavy atom. The maximum Gasteiger partial charge on any atom is 0.407 e. The molecule has 0 saturated carbocycles. The van der Waals surface area contributed by atoms with Crippen molar-refractivity contribution in [3.05, 3.63) is 0 Å². The Bertz CT molecular complexity index is 83.6. The van der Waals surface area contributed by atoms with Gasteiger partial charge in [0, 0.05) is 6.54 Å². The van der Waals surface area contributed by atoms with Crippen LogP contribution in [0.5, 0.6) is 0 Å². The van der Waals surface area contributed by atoms with E-state index in [0.29, 0.717) is 13.2 Å². The number of rotatable bonds is 4. The third-order valence-corrected chi connectivity index (χ3v) is 0.957. The van der Waals surface area contributed by atoms with Gasteiger partial charge in [-0.2, -0.15) is 0 Å². The summed E-state index contributed by atoms with van der Waals surface area (Å²) < 4.78 is 4.74. The van der Waals surface area contributed by atoms with Crippen molar-refractivity contribution < 1.29 is 9.53 Å². The number of nitrogens with one attached hydrogen (secondary N) is 1. The fourth-order valence-electron chi connectivity index (χ4n) is 0.473. The van der Waals surface area contributed by atoms with Gasteiger partial charge in [-0.05, 0) is 12.8 Å². The Balaban J connectivity index is 3.09. The maximum atomic E-state index is 10.6. The number of amides is 1. The van der Waals surface area contributed by atoms with Crippen molar-refractivity contribution in [2.45, 2.75) is 26.7 Å². The fourth-order valence-corrected chi connectivity index (χ4v) is 0.473. The summed E-state index contributed by atoms with van der Waals surface area (Å²) in [5, 5.41) is 2.61. The molecule has 3 nitrogen and oxygen atoms in total. The molecule has 0 saturated heterocycles. The van der Waals surface area contributed by atoms with Crippen molar-refractivity contribution in [1.29, 1.82) is 0 Å². The minimum atomic E-state index is -0.302. The zero-order valence-corrected chi connectivity index (χ0v) is 6.64. The first-order valence-corrected chi connectivity index (χ1v) is 3.71. The molecule has 0 unspecified atom stereocenters. The minimum Gasteiger partial charge on any atom is -0.450 e. The predicted molar refractivity (Wildman–Crippen MR) is 39.9 cm³/mol. The summed E-state index contributed by atoms with van der Waals surface area (Å²) in [5.74, 6) is 0. The highest BCUT2D eigenvalue weighted by atomic mass is 16.5. The number of alkyl carbamates (subject to hydrolysis) is 1. The molecule has 10 heavy (non-hydrogen) atoms. The Hall–Kier alpha value is -0.730. The van der Waals surface area contributed by atoms with Gasteiger partial charge in [0.05, 0.1) is 6.61 Å². The molecule has 0 aromatic rings. The van der Waals surface area contributed by atoms with Gasteiger partial charge in [0.15, 0.2) is 0 Å². The van der Waals surface area contributed by atoms with Crippen LogP contribution >= 0.6 is 0 Å². The standard InChI is InChI=1S/C7H15NO2/c1-3-5-8-7(9)10-6-4-2/h3-6H2,1-2H3,(H,8,9). The van der Waals surface area contributed by atoms with E-state index in [2.05, 4.69) is 5.32 Å². The molecule has 0 bridgehead atoms. The monoisotopic (exact) mass is 145 g/mol. The number of carbonyl (C=O) groups is 1. The highest BCUT2D eigenvalue weighted by molar-refractivity contribution is 5.66. The molecular weight excluding hydrogens is 130 g/mol. The van der Waals surface area contributed by atoms with E-state index in [9.17, 15) is 4.79 Å². The van der Waals surface area contributed by atoms with E-state index in [4.69, 9.17) is 4.74 Å². The second-order valence-electron chi connectivity index (χ2n) is 2.06. The Morgan fingerprint density at radius 3 is 2.60 bits per heavy atom. The number of hydrogen-bond donors (Lipinski definition) is 1. The van der Waals surface area contributed by atoms with E-state index in [1.54, 1.807) is 0 Å². The van der Waals surface area contributed by atoms with Crippen LogP contribution in [0.3, 0.4) is 0 Å². The average Bonchev–Trinajstić information content (AvgIpc) is 1.97. The highest BCUT2D eigenvalue weighted by Gasteiger charge is 1.96. The summed E-state index contributed by atoms with van der Waals surface area (Å²) >= 11 is 0. The third kappa shape index (κ3) is 5.41. The summed E-state index contributed by atoms with van der Waals surface area (Å²) in [6, 6.07) is 0. The third-order valence-electron chi connectivity index (χ3n) is 0.957. The van der Waals surface area contributed by atoms with Gasteiger partial charge in [0.1, 0.15) is 0 Å². The van der Waals surface area contributed by atoms with Gasteiger partial charge in [-0.25, -0.2) is 4.79 Å². The lowest BCUT2D eigenvalue weighted by Crippen LogP contribution is -2.25. The Kier molecular flexibility index (Phi) is 5.92. The zero-order chi connectivity index (χ0) is 7.82. The number of ether oxygens (including phenoxy) is 1. The Morgan fingerprint density at radius 2 is 2.10 bits per heavy atom. The predicted octanol–water partition coefficient (Wildman–Crippen LogP) is 1.53. The molecule has 0 spiro atoms. The highest BCUT2D eigenvalue weighted by Crippen LogP contribution is 1.81. The van der Waals surface area contributed by atoms with Crippen LogP contribution in [0.25, 0.3) is 0 Å². The molecule has 0 aliphatic carbocycles. The number of hydrogen-bond acceptors (Lipinski definition) is 2. The van der Waals surface area contributed by atoms with Crippen LogP contribution in [0.4, 0.5) is 4.79 Å². The average molecular weight is 145 g/mol. The smallest absolute Gasteiger partial charge is 0.407 e. The van der Waals surface area contributed by atoms with E-state index in [-0.39, 0.29) is 6.09 Å². The second kappa shape index (κ2) is 6.39. The van der Waals surface area contributed by atoms with E-state index < -0.39 is 0 Å². The van der Waals surface area contributed by atoms with Gasteiger partial charge < -0.3 is 10.1 Å². The van der Waals surface area contributed by atoms with Crippen LogP contribution in [-0.4, -0.2) is 19.2 Å². The quantitative estimate of drug-likeness (QED) is 0.651. The Labute approximate surface area is 61.8 Å². The summed E-state index contributed by atoms with van der Waals surface area (Å²) in [6.45, 7) is 5.17. The largest absolute Gasteiger partial charge is 0.450 e. The fraction of sp³-hybridized carbons (Fsp3) is 0.857. The second-order valence-corrected chi connectivity index (χ2v) is 2.06. The summed E-state index contributed by atoms with van der Waals surface area (Å²) in [6.07, 6.45) is 1.52. The molecule has 1 N–H and O–H groups in total. The van der Waals surface area contributed by atoms with E-state index in [1.165, 1.54) is 0 Å². The van der Waals surface area contributed by atoms with E-state index in [0.717, 1.165) is 12.8 Å². The molecule has 0 fully saturated rings. The van der Waals surface area contributed by atoms with Gasteiger partial charge in [-0.1, -0.05) is 13.8 Å². The van der Waals surface area contributed by atoms with E-state index >= 15 is 0 Å². The maximum absolute atomic E-state index is 10.6. The summed E-state index contributed by atoms with van der Waals surface area (Å²) in [5.41, 5.74) is 0. The lowest BCUT2D eigenvalue weighted by molar-refractivity contribution is 0.146. The van der Waals surface area contributed by atoms with Gasteiger partial charge >= 0.3 is 6.09 Å². The molecule has 0 aromatic heterocycles. The lowest BCUT2D eigenvalue weighted by atomic mass is 10.5. The molecule has 0 radical (unpaired) electrons. The van der Waals surface area contributed by atoms with Crippen molar-refractivity contribution in [2.24, 2.45) is 0 Å². The molecule has 0 atom stereocenters.